The lowest BCUT2D eigenvalue weighted by atomic mass is 10.1. The average molecular weight is 426 g/mol. The Balaban J connectivity index is 1.64. The van der Waals surface area contributed by atoms with E-state index >= 15 is 0 Å². The molecule has 0 saturated carbocycles. The number of pyridine rings is 1. The molecule has 31 heavy (non-hydrogen) atoms. The predicted molar refractivity (Wildman–Crippen MR) is 126 cm³/mol. The third-order valence-corrected chi connectivity index (χ3v) is 5.11. The lowest BCUT2D eigenvalue weighted by Crippen LogP contribution is -2.37. The van der Waals surface area contributed by atoms with Gasteiger partial charge in [0.05, 0.1) is 24.9 Å². The van der Waals surface area contributed by atoms with Crippen molar-refractivity contribution in [2.24, 2.45) is 4.99 Å². The second-order valence-electron chi connectivity index (χ2n) is 7.99. The van der Waals surface area contributed by atoms with Gasteiger partial charge in [-0.3, -0.25) is 0 Å². The molecule has 168 valence electrons. The summed E-state index contributed by atoms with van der Waals surface area (Å²) >= 11 is 0. The molecule has 1 aromatic heterocycles. The van der Waals surface area contributed by atoms with Crippen molar-refractivity contribution in [3.8, 4) is 5.75 Å². The van der Waals surface area contributed by atoms with Gasteiger partial charge in [-0.15, -0.1) is 0 Å². The minimum absolute atomic E-state index is 0.196. The van der Waals surface area contributed by atoms with Crippen LogP contribution in [0, 0.1) is 6.92 Å². The second kappa shape index (κ2) is 11.6. The van der Waals surface area contributed by atoms with Crippen LogP contribution in [0.25, 0.3) is 0 Å². The zero-order chi connectivity index (χ0) is 22.1. The van der Waals surface area contributed by atoms with Gasteiger partial charge in [-0.2, -0.15) is 0 Å². The summed E-state index contributed by atoms with van der Waals surface area (Å²) < 4.78 is 11.8. The average Bonchev–Trinajstić information content (AvgIpc) is 3.29. The highest BCUT2D eigenvalue weighted by molar-refractivity contribution is 5.79. The molecule has 1 unspecified atom stereocenters. The van der Waals surface area contributed by atoms with Crippen molar-refractivity contribution in [3.05, 3.63) is 53.2 Å². The SMILES string of the molecule is CCNC(=NCc1ccc(C)cc1OCC1CCCO1)NCc1cccc(N(C)C)n1. The molecule has 1 aromatic carbocycles. The first-order valence-electron chi connectivity index (χ1n) is 11.0. The normalized spacial score (nSPS) is 16.3. The van der Waals surface area contributed by atoms with E-state index in [0.717, 1.165) is 54.8 Å². The van der Waals surface area contributed by atoms with E-state index in [0.29, 0.717) is 19.7 Å². The van der Waals surface area contributed by atoms with Gasteiger partial charge in [0.25, 0.3) is 0 Å². The first kappa shape index (κ1) is 22.9. The Morgan fingerprint density at radius 1 is 1.26 bits per heavy atom. The van der Waals surface area contributed by atoms with Gasteiger partial charge in [0.1, 0.15) is 18.2 Å². The van der Waals surface area contributed by atoms with Crippen molar-refractivity contribution in [1.29, 1.82) is 0 Å². The van der Waals surface area contributed by atoms with Crippen LogP contribution < -0.4 is 20.3 Å². The molecular formula is C24H35N5O2. The van der Waals surface area contributed by atoms with E-state index in [-0.39, 0.29) is 6.10 Å². The van der Waals surface area contributed by atoms with Crippen LogP contribution in [0.1, 0.15) is 36.6 Å². The molecule has 0 bridgehead atoms. The molecule has 2 aromatic rings. The summed E-state index contributed by atoms with van der Waals surface area (Å²) in [4.78, 5) is 11.4. The van der Waals surface area contributed by atoms with Crippen LogP contribution >= 0.6 is 0 Å². The molecule has 1 atom stereocenters. The Morgan fingerprint density at radius 3 is 2.87 bits per heavy atom. The number of guanidine groups is 1. The molecule has 1 saturated heterocycles. The number of aromatic nitrogens is 1. The maximum Gasteiger partial charge on any atom is 0.191 e. The number of nitrogens with zero attached hydrogens (tertiary/aromatic N) is 3. The Bertz CT molecular complexity index is 863. The summed E-state index contributed by atoms with van der Waals surface area (Å²) in [5, 5.41) is 6.69. The molecule has 2 heterocycles. The summed E-state index contributed by atoms with van der Waals surface area (Å²) in [6.45, 7) is 7.48. The molecule has 2 N–H and O–H groups in total. The van der Waals surface area contributed by atoms with Crippen LogP contribution in [0.2, 0.25) is 0 Å². The number of aliphatic imine (C=N–C) groups is 1. The van der Waals surface area contributed by atoms with E-state index in [1.165, 1.54) is 5.56 Å². The highest BCUT2D eigenvalue weighted by Gasteiger charge is 2.17. The largest absolute Gasteiger partial charge is 0.491 e. The molecule has 0 spiro atoms. The standard InChI is InChI=1S/C24H35N5O2/c1-5-25-24(27-16-20-8-6-10-23(28-20)29(3)4)26-15-19-12-11-18(2)14-22(19)31-17-21-9-7-13-30-21/h6,8,10-12,14,21H,5,7,9,13,15-17H2,1-4H3,(H2,25,26,27). The Labute approximate surface area is 185 Å². The van der Waals surface area contributed by atoms with Gasteiger partial charge < -0.3 is 25.0 Å². The number of nitrogens with one attached hydrogen (secondary N) is 2. The fraction of sp³-hybridized carbons (Fsp3) is 0.500. The number of hydrogen-bond acceptors (Lipinski definition) is 5. The van der Waals surface area contributed by atoms with Crippen molar-refractivity contribution >= 4 is 11.8 Å². The summed E-state index contributed by atoms with van der Waals surface area (Å²) in [7, 11) is 3.98. The third-order valence-electron chi connectivity index (χ3n) is 5.11. The van der Waals surface area contributed by atoms with E-state index in [1.54, 1.807) is 0 Å². The Morgan fingerprint density at radius 2 is 2.13 bits per heavy atom. The van der Waals surface area contributed by atoms with Gasteiger partial charge in [-0.1, -0.05) is 18.2 Å². The van der Waals surface area contributed by atoms with E-state index in [4.69, 9.17) is 14.5 Å². The highest BCUT2D eigenvalue weighted by Crippen LogP contribution is 2.23. The number of anilines is 1. The smallest absolute Gasteiger partial charge is 0.191 e. The Kier molecular flexibility index (Phi) is 8.53. The van der Waals surface area contributed by atoms with Crippen LogP contribution in [-0.4, -0.2) is 50.9 Å². The number of rotatable bonds is 9. The first-order chi connectivity index (χ1) is 15.0. The van der Waals surface area contributed by atoms with Crippen LogP contribution in [0.5, 0.6) is 5.75 Å². The van der Waals surface area contributed by atoms with Gasteiger partial charge in [0.15, 0.2) is 5.96 Å². The highest BCUT2D eigenvalue weighted by atomic mass is 16.5. The third kappa shape index (κ3) is 7.14. The molecule has 1 aliphatic rings. The lowest BCUT2D eigenvalue weighted by molar-refractivity contribution is 0.0676. The van der Waals surface area contributed by atoms with Crippen molar-refractivity contribution in [2.75, 3.05) is 38.8 Å². The number of hydrogen-bond donors (Lipinski definition) is 2. The summed E-state index contributed by atoms with van der Waals surface area (Å²) in [5.74, 6) is 2.58. The van der Waals surface area contributed by atoms with Gasteiger partial charge in [-0.25, -0.2) is 9.98 Å². The monoisotopic (exact) mass is 425 g/mol. The fourth-order valence-electron chi connectivity index (χ4n) is 3.38. The zero-order valence-corrected chi connectivity index (χ0v) is 19.1. The topological polar surface area (TPSA) is 71.0 Å². The van der Waals surface area contributed by atoms with Crippen molar-refractivity contribution in [3.63, 3.8) is 0 Å². The molecule has 1 fully saturated rings. The zero-order valence-electron chi connectivity index (χ0n) is 19.1. The Hall–Kier alpha value is -2.80. The number of aryl methyl sites for hydroxylation is 1. The molecule has 0 aliphatic carbocycles. The minimum Gasteiger partial charge on any atom is -0.491 e. The lowest BCUT2D eigenvalue weighted by Gasteiger charge is -2.16. The quantitative estimate of drug-likeness (QED) is 0.475. The molecule has 7 nitrogen and oxygen atoms in total. The van der Waals surface area contributed by atoms with Crippen molar-refractivity contribution in [1.82, 2.24) is 15.6 Å². The maximum absolute atomic E-state index is 6.11. The molecular weight excluding hydrogens is 390 g/mol. The summed E-state index contributed by atoms with van der Waals surface area (Å²) in [5.41, 5.74) is 3.20. The first-order valence-corrected chi connectivity index (χ1v) is 11.0. The second-order valence-corrected chi connectivity index (χ2v) is 7.99. The summed E-state index contributed by atoms with van der Waals surface area (Å²) in [6.07, 6.45) is 2.38. The van der Waals surface area contributed by atoms with Gasteiger partial charge in [-0.05, 0) is 50.5 Å². The predicted octanol–water partition coefficient (Wildman–Crippen LogP) is 3.27. The number of ether oxygens (including phenoxy) is 2. The van der Waals surface area contributed by atoms with E-state index in [2.05, 4.69) is 47.7 Å². The van der Waals surface area contributed by atoms with Crippen molar-refractivity contribution < 1.29 is 9.47 Å². The summed E-state index contributed by atoms with van der Waals surface area (Å²) in [6, 6.07) is 12.3. The van der Waals surface area contributed by atoms with Crippen molar-refractivity contribution in [2.45, 2.75) is 45.9 Å². The fourth-order valence-corrected chi connectivity index (χ4v) is 3.38. The molecule has 1 aliphatic heterocycles. The molecule has 3 rings (SSSR count). The van der Waals surface area contributed by atoms with Gasteiger partial charge >= 0.3 is 0 Å². The molecule has 7 heteroatoms. The van der Waals surface area contributed by atoms with E-state index < -0.39 is 0 Å². The van der Waals surface area contributed by atoms with E-state index in [1.807, 2.05) is 37.2 Å². The van der Waals surface area contributed by atoms with Crippen LogP contribution in [0.4, 0.5) is 5.82 Å². The molecule has 0 radical (unpaired) electrons. The van der Waals surface area contributed by atoms with Crippen LogP contribution in [0.15, 0.2) is 41.4 Å². The van der Waals surface area contributed by atoms with E-state index in [9.17, 15) is 0 Å². The minimum atomic E-state index is 0.196. The number of benzene rings is 1. The van der Waals surface area contributed by atoms with Crippen LogP contribution in [-0.2, 0) is 17.8 Å². The van der Waals surface area contributed by atoms with Gasteiger partial charge in [0, 0.05) is 32.8 Å². The maximum atomic E-state index is 6.11. The molecule has 0 amide bonds. The van der Waals surface area contributed by atoms with Gasteiger partial charge in [0.2, 0.25) is 0 Å². The van der Waals surface area contributed by atoms with Crippen LogP contribution in [0.3, 0.4) is 0 Å².